The third-order valence-corrected chi connectivity index (χ3v) is 4.67. The van der Waals surface area contributed by atoms with Gasteiger partial charge in [-0.2, -0.15) is 0 Å². The molecule has 25 heavy (non-hydrogen) atoms. The van der Waals surface area contributed by atoms with Crippen LogP contribution in [0.2, 0.25) is 5.02 Å². The summed E-state index contributed by atoms with van der Waals surface area (Å²) in [5, 5.41) is 3.40. The maximum atomic E-state index is 11.9. The highest BCUT2D eigenvalue weighted by molar-refractivity contribution is 6.35. The van der Waals surface area contributed by atoms with E-state index in [1.165, 1.54) is 12.7 Å². The molecule has 1 aromatic carbocycles. The molecule has 0 atom stereocenters. The summed E-state index contributed by atoms with van der Waals surface area (Å²) in [4.78, 5) is 25.4. The number of fused-ring (bicyclic) bond motifs is 1. The van der Waals surface area contributed by atoms with Gasteiger partial charge in [-0.15, -0.1) is 0 Å². The molecule has 4 rings (SSSR count). The summed E-state index contributed by atoms with van der Waals surface area (Å²) in [6.45, 7) is 0.510. The number of ether oxygens (including phenoxy) is 1. The normalized spacial score (nSPS) is 15.5. The topological polar surface area (TPSA) is 76.5 Å². The number of rotatable bonds is 5. The van der Waals surface area contributed by atoms with Crippen LogP contribution >= 0.6 is 11.6 Å². The molecule has 0 unspecified atom stereocenters. The lowest BCUT2D eigenvalue weighted by atomic mass is 10.1. The van der Waals surface area contributed by atoms with Crippen LogP contribution in [-0.2, 0) is 11.2 Å². The van der Waals surface area contributed by atoms with Crippen LogP contribution in [0.5, 0.6) is 0 Å². The van der Waals surface area contributed by atoms with Crippen molar-refractivity contribution in [2.45, 2.75) is 25.2 Å². The van der Waals surface area contributed by atoms with E-state index in [1.54, 1.807) is 0 Å². The number of carbonyl (C=O) groups is 1. The zero-order valence-corrected chi connectivity index (χ0v) is 14.5. The Bertz CT molecular complexity index is 877. The third kappa shape index (κ3) is 3.22. The summed E-state index contributed by atoms with van der Waals surface area (Å²) in [6.07, 6.45) is 2.86. The second-order valence-electron chi connectivity index (χ2n) is 6.20. The molecule has 1 saturated carbocycles. The smallest absolute Gasteiger partial charge is 0.358 e. The number of aromatic nitrogens is 2. The largest absolute Gasteiger partial charge is 0.464 e. The average molecular weight is 357 g/mol. The second kappa shape index (κ2) is 6.44. The van der Waals surface area contributed by atoms with Gasteiger partial charge in [0.15, 0.2) is 5.69 Å². The van der Waals surface area contributed by atoms with Crippen molar-refractivity contribution in [3.05, 3.63) is 46.4 Å². The van der Waals surface area contributed by atoms with Crippen molar-refractivity contribution in [2.24, 2.45) is 4.99 Å². The molecule has 1 aliphatic carbocycles. The van der Waals surface area contributed by atoms with E-state index in [1.807, 2.05) is 18.2 Å². The van der Waals surface area contributed by atoms with E-state index >= 15 is 0 Å². The number of nitrogens with one attached hydrogen (secondary N) is 1. The lowest BCUT2D eigenvalue weighted by molar-refractivity contribution is 0.0593. The minimum atomic E-state index is -0.553. The molecule has 0 saturated heterocycles. The molecule has 7 heteroatoms. The molecule has 0 radical (unpaired) electrons. The maximum absolute atomic E-state index is 11.9. The van der Waals surface area contributed by atoms with Crippen molar-refractivity contribution in [2.75, 3.05) is 19.0 Å². The van der Waals surface area contributed by atoms with Crippen LogP contribution < -0.4 is 5.32 Å². The van der Waals surface area contributed by atoms with Gasteiger partial charge < -0.3 is 10.1 Å². The number of anilines is 1. The first-order valence-electron chi connectivity index (χ1n) is 8.19. The highest BCUT2D eigenvalue weighted by atomic mass is 35.5. The van der Waals surface area contributed by atoms with Crippen LogP contribution in [0.1, 0.15) is 40.6 Å². The number of aliphatic imine (C=N–C) groups is 1. The van der Waals surface area contributed by atoms with Gasteiger partial charge in [0, 0.05) is 18.1 Å². The van der Waals surface area contributed by atoms with Crippen LogP contribution in [0.15, 0.2) is 29.3 Å². The summed E-state index contributed by atoms with van der Waals surface area (Å²) in [5.74, 6) is 0.846. The van der Waals surface area contributed by atoms with E-state index in [9.17, 15) is 4.79 Å². The molecule has 0 spiro atoms. The number of hydrogen-bond donors (Lipinski definition) is 1. The van der Waals surface area contributed by atoms with Gasteiger partial charge >= 0.3 is 5.97 Å². The first-order valence-corrected chi connectivity index (χ1v) is 8.57. The number of benzene rings is 1. The van der Waals surface area contributed by atoms with Crippen molar-refractivity contribution in [1.82, 2.24) is 9.97 Å². The summed E-state index contributed by atoms with van der Waals surface area (Å²) in [7, 11) is 1.31. The summed E-state index contributed by atoms with van der Waals surface area (Å²) in [6, 6.07) is 8.06. The standard InChI is InChI=1S/C18H17ClN4O2/c1-25-18(24)15-14(19)17(23-16(22-15)10-6-7-10)20-9-12-8-11-4-2-3-5-13(11)21-12/h2-5,10H,6-9H2,1H3,(H,20,22,23). The lowest BCUT2D eigenvalue weighted by Gasteiger charge is -2.11. The number of halogens is 1. The Morgan fingerprint density at radius 3 is 2.84 bits per heavy atom. The predicted octanol–water partition coefficient (Wildman–Crippen LogP) is 3.53. The van der Waals surface area contributed by atoms with Crippen molar-refractivity contribution < 1.29 is 9.53 Å². The van der Waals surface area contributed by atoms with Gasteiger partial charge in [-0.25, -0.2) is 14.8 Å². The van der Waals surface area contributed by atoms with E-state index in [0.717, 1.165) is 30.7 Å². The number of carbonyl (C=O) groups excluding carboxylic acids is 1. The predicted molar refractivity (Wildman–Crippen MR) is 96.1 cm³/mol. The summed E-state index contributed by atoms with van der Waals surface area (Å²) in [5.41, 5.74) is 3.33. The summed E-state index contributed by atoms with van der Waals surface area (Å²) >= 11 is 6.33. The third-order valence-electron chi connectivity index (χ3n) is 4.31. The fourth-order valence-electron chi connectivity index (χ4n) is 2.82. The molecular formula is C18H17ClN4O2. The van der Waals surface area contributed by atoms with Crippen molar-refractivity contribution in [3.8, 4) is 0 Å². The number of methoxy groups -OCH3 is 1. The Balaban J connectivity index is 1.56. The molecule has 6 nitrogen and oxygen atoms in total. The van der Waals surface area contributed by atoms with Crippen molar-refractivity contribution in [3.63, 3.8) is 0 Å². The minimum Gasteiger partial charge on any atom is -0.464 e. The highest BCUT2D eigenvalue weighted by Gasteiger charge is 2.30. The van der Waals surface area contributed by atoms with E-state index in [-0.39, 0.29) is 10.7 Å². The van der Waals surface area contributed by atoms with Gasteiger partial charge in [0.1, 0.15) is 16.7 Å². The Morgan fingerprint density at radius 2 is 2.12 bits per heavy atom. The van der Waals surface area contributed by atoms with E-state index < -0.39 is 5.97 Å². The van der Waals surface area contributed by atoms with Gasteiger partial charge in [-0.05, 0) is 24.5 Å². The van der Waals surface area contributed by atoms with Crippen molar-refractivity contribution in [1.29, 1.82) is 0 Å². The molecule has 2 aliphatic rings. The molecule has 128 valence electrons. The number of hydrogen-bond acceptors (Lipinski definition) is 6. The van der Waals surface area contributed by atoms with Gasteiger partial charge in [0.25, 0.3) is 0 Å². The van der Waals surface area contributed by atoms with Crippen LogP contribution in [0.4, 0.5) is 11.5 Å². The molecule has 1 aromatic heterocycles. The first kappa shape index (κ1) is 16.0. The summed E-state index contributed by atoms with van der Waals surface area (Å²) < 4.78 is 4.78. The number of esters is 1. The van der Waals surface area contributed by atoms with Gasteiger partial charge in [-0.3, -0.25) is 4.99 Å². The molecular weight excluding hydrogens is 340 g/mol. The minimum absolute atomic E-state index is 0.111. The zero-order valence-electron chi connectivity index (χ0n) is 13.8. The van der Waals surface area contributed by atoms with Gasteiger partial charge in [0.05, 0.1) is 19.3 Å². The molecule has 0 bridgehead atoms. The Kier molecular flexibility index (Phi) is 4.13. The first-order chi connectivity index (χ1) is 12.2. The monoisotopic (exact) mass is 356 g/mol. The van der Waals surface area contributed by atoms with E-state index in [0.29, 0.717) is 24.1 Å². The fourth-order valence-corrected chi connectivity index (χ4v) is 3.05. The van der Waals surface area contributed by atoms with Gasteiger partial charge in [0.2, 0.25) is 0 Å². The van der Waals surface area contributed by atoms with E-state index in [4.69, 9.17) is 16.3 Å². The highest BCUT2D eigenvalue weighted by Crippen LogP contribution is 2.39. The van der Waals surface area contributed by atoms with Crippen LogP contribution in [0, 0.1) is 0 Å². The maximum Gasteiger partial charge on any atom is 0.358 e. The Morgan fingerprint density at radius 1 is 1.32 bits per heavy atom. The van der Waals surface area contributed by atoms with Crippen LogP contribution in [-0.4, -0.2) is 35.3 Å². The van der Waals surface area contributed by atoms with E-state index in [2.05, 4.69) is 26.3 Å². The molecule has 1 fully saturated rings. The molecule has 1 N–H and O–H groups in total. The molecule has 2 heterocycles. The van der Waals surface area contributed by atoms with Gasteiger partial charge in [-0.1, -0.05) is 29.8 Å². The quantitative estimate of drug-likeness (QED) is 0.829. The van der Waals surface area contributed by atoms with Crippen molar-refractivity contribution >= 4 is 34.8 Å². The molecule has 0 amide bonds. The Hall–Kier alpha value is -2.47. The lowest BCUT2D eigenvalue weighted by Crippen LogP contribution is -2.17. The average Bonchev–Trinajstić information content (AvgIpc) is 3.39. The molecule has 1 aliphatic heterocycles. The van der Waals surface area contributed by atoms with Crippen LogP contribution in [0.3, 0.4) is 0 Å². The molecule has 2 aromatic rings. The SMILES string of the molecule is COC(=O)c1nc(C2CC2)nc(NCC2=Nc3ccccc3C2)c1Cl. The number of para-hydroxylation sites is 1. The van der Waals surface area contributed by atoms with Crippen LogP contribution in [0.25, 0.3) is 0 Å². The number of nitrogens with zero attached hydrogens (tertiary/aromatic N) is 3. The zero-order chi connectivity index (χ0) is 17.4. The fraction of sp³-hybridized carbons (Fsp3) is 0.333. The second-order valence-corrected chi connectivity index (χ2v) is 6.57. The Labute approximate surface area is 150 Å².